The van der Waals surface area contributed by atoms with Crippen LogP contribution in [0.1, 0.15) is 5.56 Å². The standard InChI is InChI=1S/C17H14FNOS/c1-19-15-6-4-11(20-2)8-13(15)14-9-21-16-7-10(18)3-5-12(16)17(14)19/h3-8H,9H2,1-2H3. The van der Waals surface area contributed by atoms with Gasteiger partial charge in [0, 0.05) is 34.2 Å². The Morgan fingerprint density at radius 3 is 2.86 bits per heavy atom. The number of hydrogen-bond acceptors (Lipinski definition) is 2. The second kappa shape index (κ2) is 4.53. The molecule has 3 aromatic rings. The van der Waals surface area contributed by atoms with Gasteiger partial charge in [-0.3, -0.25) is 0 Å². The first kappa shape index (κ1) is 12.8. The van der Waals surface area contributed by atoms with Gasteiger partial charge in [0.05, 0.1) is 12.8 Å². The molecule has 0 unspecified atom stereocenters. The zero-order valence-corrected chi connectivity index (χ0v) is 12.6. The number of aryl methyl sites for hydroxylation is 1. The van der Waals surface area contributed by atoms with Crippen molar-refractivity contribution < 1.29 is 9.13 Å². The number of hydrogen-bond donors (Lipinski definition) is 0. The summed E-state index contributed by atoms with van der Waals surface area (Å²) in [5.74, 6) is 1.55. The Morgan fingerprint density at radius 1 is 1.19 bits per heavy atom. The molecule has 0 atom stereocenters. The first-order valence-electron chi connectivity index (χ1n) is 6.77. The molecule has 0 fully saturated rings. The van der Waals surface area contributed by atoms with Crippen LogP contribution >= 0.6 is 11.8 Å². The summed E-state index contributed by atoms with van der Waals surface area (Å²) >= 11 is 1.69. The molecular formula is C17H14FNOS. The molecular weight excluding hydrogens is 285 g/mol. The van der Waals surface area contributed by atoms with Gasteiger partial charge in [0.1, 0.15) is 11.6 Å². The molecule has 4 rings (SSSR count). The van der Waals surface area contributed by atoms with Crippen LogP contribution in [-0.4, -0.2) is 11.7 Å². The van der Waals surface area contributed by atoms with Gasteiger partial charge in [0.25, 0.3) is 0 Å². The zero-order chi connectivity index (χ0) is 14.6. The molecule has 2 nitrogen and oxygen atoms in total. The summed E-state index contributed by atoms with van der Waals surface area (Å²) in [4.78, 5) is 1.01. The topological polar surface area (TPSA) is 14.2 Å². The highest BCUT2D eigenvalue weighted by Gasteiger charge is 2.24. The number of benzene rings is 2. The van der Waals surface area contributed by atoms with Crippen LogP contribution in [0.5, 0.6) is 5.75 Å². The maximum atomic E-state index is 13.4. The molecule has 1 aromatic heterocycles. The molecule has 1 aliphatic heterocycles. The number of aromatic nitrogens is 1. The second-order valence-electron chi connectivity index (χ2n) is 5.20. The molecule has 106 valence electrons. The highest BCUT2D eigenvalue weighted by atomic mass is 32.2. The van der Waals surface area contributed by atoms with Gasteiger partial charge in [-0.2, -0.15) is 0 Å². The van der Waals surface area contributed by atoms with Crippen molar-refractivity contribution in [3.63, 3.8) is 0 Å². The summed E-state index contributed by atoms with van der Waals surface area (Å²) in [7, 11) is 3.75. The van der Waals surface area contributed by atoms with Crippen LogP contribution in [0.2, 0.25) is 0 Å². The second-order valence-corrected chi connectivity index (χ2v) is 6.22. The minimum atomic E-state index is -0.176. The zero-order valence-electron chi connectivity index (χ0n) is 11.8. The van der Waals surface area contributed by atoms with Crippen molar-refractivity contribution in [1.29, 1.82) is 0 Å². The average molecular weight is 299 g/mol. The summed E-state index contributed by atoms with van der Waals surface area (Å²) in [5, 5.41) is 1.22. The highest BCUT2D eigenvalue weighted by molar-refractivity contribution is 7.98. The Labute approximate surface area is 126 Å². The first-order valence-corrected chi connectivity index (χ1v) is 7.75. The number of nitrogens with zero attached hydrogens (tertiary/aromatic N) is 1. The molecule has 0 bridgehead atoms. The van der Waals surface area contributed by atoms with Crippen molar-refractivity contribution >= 4 is 22.7 Å². The Balaban J connectivity index is 2.06. The van der Waals surface area contributed by atoms with Crippen molar-refractivity contribution in [2.45, 2.75) is 10.6 Å². The number of rotatable bonds is 1. The van der Waals surface area contributed by atoms with E-state index in [1.54, 1.807) is 24.9 Å². The first-order chi connectivity index (χ1) is 10.2. The minimum Gasteiger partial charge on any atom is -0.497 e. The molecule has 2 aromatic carbocycles. The van der Waals surface area contributed by atoms with Crippen LogP contribution in [0.3, 0.4) is 0 Å². The molecule has 0 amide bonds. The number of fused-ring (bicyclic) bond motifs is 5. The van der Waals surface area contributed by atoms with Gasteiger partial charge >= 0.3 is 0 Å². The number of thioether (sulfide) groups is 1. The molecule has 1 aliphatic rings. The van der Waals surface area contributed by atoms with E-state index in [0.717, 1.165) is 22.0 Å². The SMILES string of the molecule is COc1ccc2c(c1)c1c(n2C)-c2ccc(F)cc2SC1. The summed E-state index contributed by atoms with van der Waals surface area (Å²) in [6.45, 7) is 0. The third kappa shape index (κ3) is 1.79. The maximum absolute atomic E-state index is 13.4. The van der Waals surface area contributed by atoms with E-state index in [9.17, 15) is 4.39 Å². The highest BCUT2D eigenvalue weighted by Crippen LogP contribution is 2.46. The molecule has 0 spiro atoms. The summed E-state index contributed by atoms with van der Waals surface area (Å²) in [6.07, 6.45) is 0. The lowest BCUT2D eigenvalue weighted by molar-refractivity contribution is 0.415. The minimum absolute atomic E-state index is 0.176. The summed E-state index contributed by atoms with van der Waals surface area (Å²) < 4.78 is 21.0. The number of ether oxygens (including phenoxy) is 1. The Bertz CT molecular complexity index is 869. The van der Waals surface area contributed by atoms with Crippen LogP contribution in [-0.2, 0) is 12.8 Å². The van der Waals surface area contributed by atoms with Gasteiger partial charge in [0.15, 0.2) is 0 Å². The van der Waals surface area contributed by atoms with Crippen LogP contribution in [0.15, 0.2) is 41.3 Å². The van der Waals surface area contributed by atoms with E-state index in [2.05, 4.69) is 23.7 Å². The van der Waals surface area contributed by atoms with E-state index in [1.165, 1.54) is 28.2 Å². The lowest BCUT2D eigenvalue weighted by Gasteiger charge is -2.18. The van der Waals surface area contributed by atoms with E-state index in [4.69, 9.17) is 4.74 Å². The van der Waals surface area contributed by atoms with E-state index in [0.29, 0.717) is 0 Å². The quantitative estimate of drug-likeness (QED) is 0.652. The van der Waals surface area contributed by atoms with Gasteiger partial charge < -0.3 is 9.30 Å². The molecule has 0 saturated carbocycles. The smallest absolute Gasteiger partial charge is 0.124 e. The average Bonchev–Trinajstić information content (AvgIpc) is 2.79. The van der Waals surface area contributed by atoms with E-state index in [1.807, 2.05) is 12.1 Å². The number of halogens is 1. The Hall–Kier alpha value is -1.94. The van der Waals surface area contributed by atoms with E-state index >= 15 is 0 Å². The Kier molecular flexibility index (Phi) is 2.76. The fourth-order valence-corrected chi connectivity index (χ4v) is 4.19. The lowest BCUT2D eigenvalue weighted by Crippen LogP contribution is -1.99. The van der Waals surface area contributed by atoms with Crippen LogP contribution in [0, 0.1) is 5.82 Å². The van der Waals surface area contributed by atoms with Gasteiger partial charge in [-0.15, -0.1) is 11.8 Å². The monoisotopic (exact) mass is 299 g/mol. The molecule has 0 N–H and O–H groups in total. The number of methoxy groups -OCH3 is 1. The van der Waals surface area contributed by atoms with Crippen molar-refractivity contribution in [1.82, 2.24) is 4.57 Å². The van der Waals surface area contributed by atoms with E-state index < -0.39 is 0 Å². The van der Waals surface area contributed by atoms with Crippen molar-refractivity contribution in [3.05, 3.63) is 47.8 Å². The molecule has 0 radical (unpaired) electrons. The van der Waals surface area contributed by atoms with Gasteiger partial charge in [-0.1, -0.05) is 0 Å². The molecule has 4 heteroatoms. The van der Waals surface area contributed by atoms with Crippen molar-refractivity contribution in [3.8, 4) is 17.0 Å². The molecule has 21 heavy (non-hydrogen) atoms. The predicted molar refractivity (Wildman–Crippen MR) is 84.4 cm³/mol. The normalized spacial score (nSPS) is 13.1. The fraction of sp³-hybridized carbons (Fsp3) is 0.176. The molecule has 0 saturated heterocycles. The third-order valence-electron chi connectivity index (χ3n) is 4.08. The molecule has 0 aliphatic carbocycles. The predicted octanol–water partition coefficient (Wildman–Crippen LogP) is 4.60. The van der Waals surface area contributed by atoms with Gasteiger partial charge in [0.2, 0.25) is 0 Å². The fourth-order valence-electron chi connectivity index (χ4n) is 3.08. The van der Waals surface area contributed by atoms with Crippen LogP contribution in [0.25, 0.3) is 22.2 Å². The lowest BCUT2D eigenvalue weighted by atomic mass is 10.1. The molecule has 2 heterocycles. The van der Waals surface area contributed by atoms with E-state index in [-0.39, 0.29) is 5.82 Å². The summed E-state index contributed by atoms with van der Waals surface area (Å²) in [5.41, 5.74) is 4.78. The van der Waals surface area contributed by atoms with Crippen molar-refractivity contribution in [2.24, 2.45) is 7.05 Å². The third-order valence-corrected chi connectivity index (χ3v) is 5.16. The van der Waals surface area contributed by atoms with Gasteiger partial charge in [-0.05, 0) is 42.0 Å². The van der Waals surface area contributed by atoms with Crippen LogP contribution < -0.4 is 4.74 Å². The van der Waals surface area contributed by atoms with Crippen LogP contribution in [0.4, 0.5) is 4.39 Å². The van der Waals surface area contributed by atoms with Gasteiger partial charge in [-0.25, -0.2) is 4.39 Å². The maximum Gasteiger partial charge on any atom is 0.124 e. The largest absolute Gasteiger partial charge is 0.497 e. The Morgan fingerprint density at radius 2 is 2.05 bits per heavy atom. The van der Waals surface area contributed by atoms with Crippen molar-refractivity contribution in [2.75, 3.05) is 7.11 Å². The summed E-state index contributed by atoms with van der Waals surface area (Å²) in [6, 6.07) is 11.2.